The summed E-state index contributed by atoms with van der Waals surface area (Å²) >= 11 is 7.38. The van der Waals surface area contributed by atoms with Crippen LogP contribution in [0.4, 0.5) is 0 Å². The molecule has 7 heteroatoms. The molecule has 0 N–H and O–H groups in total. The predicted octanol–water partition coefficient (Wildman–Crippen LogP) is 2.92. The lowest BCUT2D eigenvalue weighted by Gasteiger charge is -1.97. The molecule has 0 aliphatic carbocycles. The van der Waals surface area contributed by atoms with Crippen molar-refractivity contribution in [1.82, 2.24) is 14.8 Å². The van der Waals surface area contributed by atoms with Crippen molar-refractivity contribution in [3.05, 3.63) is 40.5 Å². The molecule has 0 amide bonds. The van der Waals surface area contributed by atoms with Gasteiger partial charge in [-0.2, -0.15) is 5.10 Å². The summed E-state index contributed by atoms with van der Waals surface area (Å²) < 4.78 is 6.25. The lowest BCUT2D eigenvalue weighted by atomic mass is 10.3. The molecule has 0 radical (unpaired) electrons. The van der Waals surface area contributed by atoms with Gasteiger partial charge in [-0.1, -0.05) is 23.7 Å². The number of benzene rings is 1. The molecular weight excluding hydrogens is 286 g/mol. The number of carbonyl (C=O) groups is 1. The number of esters is 1. The third kappa shape index (κ3) is 1.98. The first kappa shape index (κ1) is 12.1. The van der Waals surface area contributed by atoms with Crippen molar-refractivity contribution >= 4 is 39.8 Å². The summed E-state index contributed by atoms with van der Waals surface area (Å²) in [6, 6.07) is 7.57. The number of para-hydroxylation sites is 1. The van der Waals surface area contributed by atoms with Crippen LogP contribution < -0.4 is 0 Å². The van der Waals surface area contributed by atoms with Gasteiger partial charge in [-0.3, -0.25) is 0 Å². The molecule has 2 aromatic heterocycles. The Morgan fingerprint density at radius 3 is 3.00 bits per heavy atom. The maximum atomic E-state index is 11.4. The zero-order valence-corrected chi connectivity index (χ0v) is 11.4. The van der Waals surface area contributed by atoms with Crippen LogP contribution in [0.1, 0.15) is 10.5 Å². The van der Waals surface area contributed by atoms with Crippen molar-refractivity contribution < 1.29 is 9.53 Å². The Morgan fingerprint density at radius 1 is 1.42 bits per heavy atom. The molecule has 0 spiro atoms. The number of ether oxygens (including phenoxy) is 1. The van der Waals surface area contributed by atoms with Crippen molar-refractivity contribution in [3.8, 4) is 5.13 Å². The van der Waals surface area contributed by atoms with Crippen molar-refractivity contribution in [2.45, 2.75) is 0 Å². The number of aromatic nitrogens is 3. The molecule has 0 atom stereocenters. The molecule has 3 rings (SSSR count). The molecule has 19 heavy (non-hydrogen) atoms. The standard InChI is InChI=1S/C12H8ClN3O2S/c1-18-11(17)8-6-19-12(14-8)16-9-5-3-2-4-7(9)10(13)15-16/h2-6H,1H3. The molecule has 0 saturated heterocycles. The number of methoxy groups -OCH3 is 1. The highest BCUT2D eigenvalue weighted by atomic mass is 35.5. The summed E-state index contributed by atoms with van der Waals surface area (Å²) in [5, 5.41) is 7.69. The predicted molar refractivity (Wildman–Crippen MR) is 73.1 cm³/mol. The maximum absolute atomic E-state index is 11.4. The highest BCUT2D eigenvalue weighted by Gasteiger charge is 2.15. The van der Waals surface area contributed by atoms with E-state index in [1.165, 1.54) is 18.4 Å². The molecule has 5 nitrogen and oxygen atoms in total. The summed E-state index contributed by atoms with van der Waals surface area (Å²) in [6.45, 7) is 0. The van der Waals surface area contributed by atoms with Gasteiger partial charge >= 0.3 is 5.97 Å². The van der Waals surface area contributed by atoms with Gasteiger partial charge in [0, 0.05) is 10.8 Å². The Bertz CT molecular complexity index is 765. The van der Waals surface area contributed by atoms with Crippen LogP contribution >= 0.6 is 22.9 Å². The van der Waals surface area contributed by atoms with Crippen molar-refractivity contribution in [2.75, 3.05) is 7.11 Å². The fraction of sp³-hybridized carbons (Fsp3) is 0.0833. The lowest BCUT2D eigenvalue weighted by molar-refractivity contribution is 0.0595. The van der Waals surface area contributed by atoms with Crippen LogP contribution in [-0.2, 0) is 4.74 Å². The third-order valence-electron chi connectivity index (χ3n) is 2.61. The van der Waals surface area contributed by atoms with E-state index in [1.54, 1.807) is 10.1 Å². The number of nitrogens with zero attached hydrogens (tertiary/aromatic N) is 3. The number of thiazole rings is 1. The van der Waals surface area contributed by atoms with E-state index in [1.807, 2.05) is 24.3 Å². The largest absolute Gasteiger partial charge is 0.464 e. The minimum atomic E-state index is -0.468. The Labute approximate surface area is 117 Å². The van der Waals surface area contributed by atoms with Crippen molar-refractivity contribution in [3.63, 3.8) is 0 Å². The van der Waals surface area contributed by atoms with Gasteiger partial charge in [0.05, 0.1) is 12.6 Å². The number of fused-ring (bicyclic) bond motifs is 1. The van der Waals surface area contributed by atoms with Crippen LogP contribution in [0.15, 0.2) is 29.6 Å². The average molecular weight is 294 g/mol. The van der Waals surface area contributed by atoms with E-state index in [0.717, 1.165) is 10.9 Å². The first-order valence-corrected chi connectivity index (χ1v) is 6.64. The van der Waals surface area contributed by atoms with E-state index < -0.39 is 5.97 Å². The molecule has 2 heterocycles. The maximum Gasteiger partial charge on any atom is 0.357 e. The topological polar surface area (TPSA) is 57.0 Å². The van der Waals surface area contributed by atoms with Gasteiger partial charge in [-0.25, -0.2) is 14.5 Å². The lowest BCUT2D eigenvalue weighted by Crippen LogP contribution is -2.03. The quantitative estimate of drug-likeness (QED) is 0.682. The Balaban J connectivity index is 2.14. The average Bonchev–Trinajstić information content (AvgIpc) is 3.04. The van der Waals surface area contributed by atoms with Gasteiger partial charge in [-0.15, -0.1) is 11.3 Å². The van der Waals surface area contributed by atoms with Gasteiger partial charge in [-0.05, 0) is 12.1 Å². The van der Waals surface area contributed by atoms with E-state index in [4.69, 9.17) is 11.6 Å². The molecular formula is C12H8ClN3O2S. The van der Waals surface area contributed by atoms with E-state index in [-0.39, 0.29) is 5.69 Å². The second-order valence-electron chi connectivity index (χ2n) is 3.73. The van der Waals surface area contributed by atoms with Crippen LogP contribution in [0.25, 0.3) is 16.0 Å². The van der Waals surface area contributed by atoms with Crippen LogP contribution in [-0.4, -0.2) is 27.8 Å². The van der Waals surface area contributed by atoms with E-state index in [2.05, 4.69) is 14.8 Å². The number of hydrogen-bond acceptors (Lipinski definition) is 5. The fourth-order valence-electron chi connectivity index (χ4n) is 1.73. The molecule has 0 aliphatic heterocycles. The van der Waals surface area contributed by atoms with Crippen LogP contribution in [0.5, 0.6) is 0 Å². The van der Waals surface area contributed by atoms with Crippen LogP contribution in [0.2, 0.25) is 5.15 Å². The second kappa shape index (κ2) is 4.64. The summed E-state index contributed by atoms with van der Waals surface area (Å²) in [6.07, 6.45) is 0. The van der Waals surface area contributed by atoms with Crippen molar-refractivity contribution in [1.29, 1.82) is 0 Å². The Kier molecular flexibility index (Phi) is 2.96. The van der Waals surface area contributed by atoms with E-state index in [9.17, 15) is 4.79 Å². The number of halogens is 1. The number of rotatable bonds is 2. The monoisotopic (exact) mass is 293 g/mol. The van der Waals surface area contributed by atoms with E-state index in [0.29, 0.717) is 10.3 Å². The fourth-order valence-corrected chi connectivity index (χ4v) is 2.73. The smallest absolute Gasteiger partial charge is 0.357 e. The molecule has 3 aromatic rings. The van der Waals surface area contributed by atoms with Crippen molar-refractivity contribution in [2.24, 2.45) is 0 Å². The minimum Gasteiger partial charge on any atom is -0.464 e. The SMILES string of the molecule is COC(=O)c1csc(-n2nc(Cl)c3ccccc32)n1. The minimum absolute atomic E-state index is 0.262. The zero-order valence-electron chi connectivity index (χ0n) is 9.83. The van der Waals surface area contributed by atoms with Gasteiger partial charge in [0.25, 0.3) is 0 Å². The molecule has 0 saturated carbocycles. The summed E-state index contributed by atoms with van der Waals surface area (Å²) in [4.78, 5) is 15.6. The highest BCUT2D eigenvalue weighted by Crippen LogP contribution is 2.26. The van der Waals surface area contributed by atoms with Crippen LogP contribution in [0, 0.1) is 0 Å². The molecule has 0 fully saturated rings. The highest BCUT2D eigenvalue weighted by molar-refractivity contribution is 7.12. The third-order valence-corrected chi connectivity index (χ3v) is 3.71. The van der Waals surface area contributed by atoms with Gasteiger partial charge in [0.1, 0.15) is 0 Å². The molecule has 0 unspecified atom stereocenters. The zero-order chi connectivity index (χ0) is 13.4. The molecule has 96 valence electrons. The van der Waals surface area contributed by atoms with Gasteiger partial charge in [0.15, 0.2) is 10.8 Å². The molecule has 0 bridgehead atoms. The first-order valence-electron chi connectivity index (χ1n) is 5.38. The van der Waals surface area contributed by atoms with Crippen LogP contribution in [0.3, 0.4) is 0 Å². The number of carbonyl (C=O) groups excluding carboxylic acids is 1. The Hall–Kier alpha value is -1.92. The summed E-state index contributed by atoms with van der Waals surface area (Å²) in [7, 11) is 1.32. The van der Waals surface area contributed by atoms with Gasteiger partial charge in [0.2, 0.25) is 5.13 Å². The molecule has 0 aliphatic rings. The number of hydrogen-bond donors (Lipinski definition) is 0. The molecule has 1 aromatic carbocycles. The summed E-state index contributed by atoms with van der Waals surface area (Å²) in [5.41, 5.74) is 1.11. The second-order valence-corrected chi connectivity index (χ2v) is 4.92. The normalized spacial score (nSPS) is 10.8. The van der Waals surface area contributed by atoms with E-state index >= 15 is 0 Å². The summed E-state index contributed by atoms with van der Waals surface area (Å²) in [5.74, 6) is -0.468. The Morgan fingerprint density at radius 2 is 2.21 bits per heavy atom. The van der Waals surface area contributed by atoms with Gasteiger partial charge < -0.3 is 4.74 Å². The first-order chi connectivity index (χ1) is 9.20.